The second-order valence-electron chi connectivity index (χ2n) is 4.31. The first kappa shape index (κ1) is 12.4. The van der Waals surface area contributed by atoms with Gasteiger partial charge in [0.05, 0.1) is 6.26 Å². The highest BCUT2D eigenvalue weighted by Gasteiger charge is 2.28. The Labute approximate surface area is 90.9 Å². The summed E-state index contributed by atoms with van der Waals surface area (Å²) in [4.78, 5) is 13.3. The van der Waals surface area contributed by atoms with Crippen LogP contribution < -0.4 is 4.72 Å². The SMILES string of the molecule is CC(C)C(=O)N1CCC(NS(C)(=O)=O)C1. The number of amides is 1. The van der Waals surface area contributed by atoms with Crippen LogP contribution in [0.5, 0.6) is 0 Å². The maximum atomic E-state index is 11.6. The Morgan fingerprint density at radius 1 is 1.47 bits per heavy atom. The summed E-state index contributed by atoms with van der Waals surface area (Å²) < 4.78 is 24.5. The predicted molar refractivity (Wildman–Crippen MR) is 57.8 cm³/mol. The molecule has 0 bridgehead atoms. The molecule has 88 valence electrons. The Balaban J connectivity index is 2.50. The second-order valence-corrected chi connectivity index (χ2v) is 6.09. The minimum atomic E-state index is -3.16. The van der Waals surface area contributed by atoms with E-state index in [2.05, 4.69) is 4.72 Å². The molecule has 0 saturated carbocycles. The molecule has 6 heteroatoms. The van der Waals surface area contributed by atoms with Gasteiger partial charge in [-0.1, -0.05) is 13.8 Å². The van der Waals surface area contributed by atoms with Gasteiger partial charge in [-0.15, -0.1) is 0 Å². The van der Waals surface area contributed by atoms with Crippen molar-refractivity contribution in [3.8, 4) is 0 Å². The Morgan fingerprint density at radius 3 is 2.53 bits per heavy atom. The molecule has 1 heterocycles. The number of likely N-dealkylation sites (tertiary alicyclic amines) is 1. The molecule has 0 aromatic rings. The number of nitrogens with zero attached hydrogens (tertiary/aromatic N) is 1. The predicted octanol–water partition coefficient (Wildman–Crippen LogP) is -0.207. The van der Waals surface area contributed by atoms with Crippen molar-refractivity contribution in [1.29, 1.82) is 0 Å². The summed E-state index contributed by atoms with van der Waals surface area (Å²) >= 11 is 0. The number of carbonyl (C=O) groups is 1. The molecule has 1 amide bonds. The van der Waals surface area contributed by atoms with E-state index >= 15 is 0 Å². The largest absolute Gasteiger partial charge is 0.341 e. The minimum absolute atomic E-state index is 0.0259. The van der Waals surface area contributed by atoms with Gasteiger partial charge in [-0.2, -0.15) is 0 Å². The Hall–Kier alpha value is -0.620. The molecule has 1 fully saturated rings. The first-order chi connectivity index (χ1) is 6.79. The van der Waals surface area contributed by atoms with Gasteiger partial charge in [-0.05, 0) is 6.42 Å². The standard InChI is InChI=1S/C9H18N2O3S/c1-7(2)9(12)11-5-4-8(6-11)10-15(3,13)14/h7-8,10H,4-6H2,1-3H3. The van der Waals surface area contributed by atoms with Crippen LogP contribution in [0.25, 0.3) is 0 Å². The van der Waals surface area contributed by atoms with Crippen LogP contribution in [0, 0.1) is 5.92 Å². The van der Waals surface area contributed by atoms with Crippen molar-refractivity contribution in [2.45, 2.75) is 26.3 Å². The lowest BCUT2D eigenvalue weighted by molar-refractivity contribution is -0.133. The summed E-state index contributed by atoms with van der Waals surface area (Å²) in [5.74, 6) is 0.0646. The third kappa shape index (κ3) is 3.79. The van der Waals surface area contributed by atoms with Gasteiger partial charge in [0.2, 0.25) is 15.9 Å². The van der Waals surface area contributed by atoms with Crippen molar-refractivity contribution >= 4 is 15.9 Å². The van der Waals surface area contributed by atoms with Crippen molar-refractivity contribution in [2.24, 2.45) is 5.92 Å². The van der Waals surface area contributed by atoms with Crippen molar-refractivity contribution in [3.05, 3.63) is 0 Å². The van der Waals surface area contributed by atoms with Gasteiger partial charge < -0.3 is 4.90 Å². The molecule has 1 rings (SSSR count). The molecule has 1 N–H and O–H groups in total. The summed E-state index contributed by atoms with van der Waals surface area (Å²) in [5, 5.41) is 0. The summed E-state index contributed by atoms with van der Waals surface area (Å²) in [6.07, 6.45) is 1.84. The van der Waals surface area contributed by atoms with Crippen molar-refractivity contribution in [1.82, 2.24) is 9.62 Å². The number of carbonyl (C=O) groups excluding carboxylic acids is 1. The van der Waals surface area contributed by atoms with Crippen LogP contribution in [0.2, 0.25) is 0 Å². The van der Waals surface area contributed by atoms with E-state index in [9.17, 15) is 13.2 Å². The van der Waals surface area contributed by atoms with E-state index in [-0.39, 0.29) is 17.9 Å². The van der Waals surface area contributed by atoms with Crippen LogP contribution >= 0.6 is 0 Å². The Kier molecular flexibility index (Phi) is 3.72. The number of hydrogen-bond donors (Lipinski definition) is 1. The summed E-state index contributed by atoms with van der Waals surface area (Å²) in [6.45, 7) is 4.83. The molecule has 1 aliphatic rings. The molecule has 1 aliphatic heterocycles. The van der Waals surface area contributed by atoms with Crippen LogP contribution in [0.4, 0.5) is 0 Å². The molecule has 0 radical (unpaired) electrons. The van der Waals surface area contributed by atoms with E-state index in [4.69, 9.17) is 0 Å². The Bertz CT molecular complexity index is 337. The number of hydrogen-bond acceptors (Lipinski definition) is 3. The number of sulfonamides is 1. The van der Waals surface area contributed by atoms with Crippen molar-refractivity contribution in [2.75, 3.05) is 19.3 Å². The van der Waals surface area contributed by atoms with Crippen LogP contribution in [-0.2, 0) is 14.8 Å². The van der Waals surface area contributed by atoms with Crippen molar-refractivity contribution in [3.63, 3.8) is 0 Å². The third-order valence-electron chi connectivity index (χ3n) is 2.37. The molecule has 15 heavy (non-hydrogen) atoms. The molecular weight excluding hydrogens is 216 g/mol. The molecule has 0 aliphatic carbocycles. The highest BCUT2D eigenvalue weighted by atomic mass is 32.2. The highest BCUT2D eigenvalue weighted by molar-refractivity contribution is 7.88. The molecule has 1 unspecified atom stereocenters. The summed E-state index contributed by atoms with van der Waals surface area (Å²) in [5.41, 5.74) is 0. The molecule has 0 aromatic heterocycles. The first-order valence-corrected chi connectivity index (χ1v) is 6.95. The van der Waals surface area contributed by atoms with E-state index in [1.165, 1.54) is 0 Å². The average Bonchev–Trinajstić information content (AvgIpc) is 2.48. The van der Waals surface area contributed by atoms with Crippen LogP contribution in [0.1, 0.15) is 20.3 Å². The Morgan fingerprint density at radius 2 is 2.07 bits per heavy atom. The van der Waals surface area contributed by atoms with Gasteiger partial charge in [0.1, 0.15) is 0 Å². The van der Waals surface area contributed by atoms with Crippen LogP contribution in [0.3, 0.4) is 0 Å². The van der Waals surface area contributed by atoms with E-state index in [1.54, 1.807) is 4.90 Å². The third-order valence-corrected chi connectivity index (χ3v) is 3.14. The monoisotopic (exact) mass is 234 g/mol. The fourth-order valence-electron chi connectivity index (χ4n) is 1.72. The first-order valence-electron chi connectivity index (χ1n) is 5.05. The lowest BCUT2D eigenvalue weighted by atomic mass is 10.2. The van der Waals surface area contributed by atoms with Gasteiger partial charge in [-0.25, -0.2) is 13.1 Å². The molecular formula is C9H18N2O3S. The van der Waals surface area contributed by atoms with E-state index in [0.29, 0.717) is 19.5 Å². The zero-order valence-electron chi connectivity index (χ0n) is 9.36. The van der Waals surface area contributed by atoms with E-state index in [0.717, 1.165) is 6.26 Å². The highest BCUT2D eigenvalue weighted by Crippen LogP contribution is 2.13. The topological polar surface area (TPSA) is 66.5 Å². The summed E-state index contributed by atoms with van der Waals surface area (Å²) in [7, 11) is -3.16. The van der Waals surface area contributed by atoms with Gasteiger partial charge in [0.25, 0.3) is 0 Å². The zero-order chi connectivity index (χ0) is 11.6. The fraction of sp³-hybridized carbons (Fsp3) is 0.889. The number of nitrogens with one attached hydrogen (secondary N) is 1. The zero-order valence-corrected chi connectivity index (χ0v) is 10.2. The van der Waals surface area contributed by atoms with Gasteiger partial charge in [0, 0.05) is 25.0 Å². The smallest absolute Gasteiger partial charge is 0.225 e. The number of rotatable bonds is 3. The summed E-state index contributed by atoms with van der Waals surface area (Å²) in [6, 6.07) is -0.123. The van der Waals surface area contributed by atoms with Crippen LogP contribution in [-0.4, -0.2) is 44.6 Å². The van der Waals surface area contributed by atoms with Gasteiger partial charge in [0.15, 0.2) is 0 Å². The normalized spacial score (nSPS) is 22.4. The molecule has 1 saturated heterocycles. The average molecular weight is 234 g/mol. The minimum Gasteiger partial charge on any atom is -0.341 e. The lowest BCUT2D eigenvalue weighted by Crippen LogP contribution is -2.38. The fourth-order valence-corrected chi connectivity index (χ4v) is 2.52. The molecule has 0 aromatic carbocycles. The lowest BCUT2D eigenvalue weighted by Gasteiger charge is -2.18. The van der Waals surface area contributed by atoms with Crippen molar-refractivity contribution < 1.29 is 13.2 Å². The maximum Gasteiger partial charge on any atom is 0.225 e. The van der Waals surface area contributed by atoms with Gasteiger partial charge in [-0.3, -0.25) is 4.79 Å². The quantitative estimate of drug-likeness (QED) is 0.735. The van der Waals surface area contributed by atoms with Gasteiger partial charge >= 0.3 is 0 Å². The second kappa shape index (κ2) is 4.49. The van der Waals surface area contributed by atoms with Crippen LogP contribution in [0.15, 0.2) is 0 Å². The van der Waals surface area contributed by atoms with E-state index < -0.39 is 10.0 Å². The van der Waals surface area contributed by atoms with E-state index in [1.807, 2.05) is 13.8 Å². The molecule has 0 spiro atoms. The molecule has 1 atom stereocenters. The molecule has 5 nitrogen and oxygen atoms in total. The maximum absolute atomic E-state index is 11.6.